The van der Waals surface area contributed by atoms with E-state index in [2.05, 4.69) is 13.8 Å². The second-order valence-electron chi connectivity index (χ2n) is 6.05. The maximum Gasteiger partial charge on any atom is 0.0564 e. The van der Waals surface area contributed by atoms with Gasteiger partial charge in [-0.25, -0.2) is 0 Å². The van der Waals surface area contributed by atoms with E-state index in [1.54, 1.807) is 43.8 Å². The predicted molar refractivity (Wildman–Crippen MR) is 71.1 cm³/mol. The van der Waals surface area contributed by atoms with E-state index in [1.807, 2.05) is 0 Å². The molecule has 0 atom stereocenters. The van der Waals surface area contributed by atoms with Crippen LogP contribution in [0.4, 0.5) is 0 Å². The summed E-state index contributed by atoms with van der Waals surface area (Å²) >= 11 is 0. The molecule has 0 amide bonds. The number of hydrogen-bond donors (Lipinski definition) is 0. The minimum Gasteiger partial charge on any atom is -0.0678 e. The van der Waals surface area contributed by atoms with E-state index in [1.165, 1.54) is 24.8 Å². The molecule has 0 aromatic rings. The molecule has 0 aromatic carbocycles. The summed E-state index contributed by atoms with van der Waals surface area (Å²) < 4.78 is 0. The Morgan fingerprint density at radius 2 is 1.47 bits per heavy atom. The van der Waals surface area contributed by atoms with Gasteiger partial charge in [0.2, 0.25) is 0 Å². The molecule has 2 aliphatic carbocycles. The highest BCUT2D eigenvalue weighted by molar-refractivity contribution is 6.81. The minimum atomic E-state index is -0.797. The smallest absolute Gasteiger partial charge is 0.0564 e. The van der Waals surface area contributed by atoms with Gasteiger partial charge in [0.1, 0.15) is 0 Å². The summed E-state index contributed by atoms with van der Waals surface area (Å²) in [5, 5.41) is 0. The maximum atomic E-state index is 2.50. The molecule has 0 spiro atoms. The Kier molecular flexibility index (Phi) is 3.92. The first-order valence-corrected chi connectivity index (χ1v) is 10.0. The van der Waals surface area contributed by atoms with E-state index >= 15 is 0 Å². The molecule has 2 fully saturated rings. The first-order chi connectivity index (χ1) is 7.30. The van der Waals surface area contributed by atoms with Crippen LogP contribution in [0.15, 0.2) is 0 Å². The molecule has 0 heterocycles. The zero-order valence-corrected chi connectivity index (χ0v) is 11.7. The first kappa shape index (κ1) is 11.7. The summed E-state index contributed by atoms with van der Waals surface area (Å²) in [6.07, 6.45) is 10.9. The fourth-order valence-electron chi connectivity index (χ4n) is 3.94. The highest BCUT2D eigenvalue weighted by Gasteiger charge is 2.45. The third-order valence-electron chi connectivity index (χ3n) is 5.27. The van der Waals surface area contributed by atoms with Crippen LogP contribution in [0.1, 0.15) is 58.8 Å². The van der Waals surface area contributed by atoms with Crippen LogP contribution < -0.4 is 0 Å². The van der Waals surface area contributed by atoms with Crippen LogP contribution in [-0.2, 0) is 0 Å². The van der Waals surface area contributed by atoms with Gasteiger partial charge in [-0.15, -0.1) is 0 Å². The van der Waals surface area contributed by atoms with Crippen molar-refractivity contribution < 1.29 is 0 Å². The molecule has 0 aromatic heterocycles. The molecule has 0 bridgehead atoms. The normalized spacial score (nSPS) is 24.4. The van der Waals surface area contributed by atoms with Crippen molar-refractivity contribution in [2.75, 3.05) is 0 Å². The van der Waals surface area contributed by atoms with Gasteiger partial charge in [0, 0.05) is 0 Å². The third kappa shape index (κ3) is 2.67. The van der Waals surface area contributed by atoms with Gasteiger partial charge in [-0.3, -0.25) is 0 Å². The molecule has 0 N–H and O–H groups in total. The molecule has 0 radical (unpaired) electrons. The van der Waals surface area contributed by atoms with E-state index in [9.17, 15) is 0 Å². The Morgan fingerprint density at radius 3 is 1.93 bits per heavy atom. The molecule has 15 heavy (non-hydrogen) atoms. The van der Waals surface area contributed by atoms with Crippen molar-refractivity contribution in [2.45, 2.75) is 82.5 Å². The van der Waals surface area contributed by atoms with Crippen LogP contribution in [0.2, 0.25) is 23.7 Å². The molecule has 0 unspecified atom stereocenters. The fraction of sp³-hybridized carbons (Fsp3) is 1.00. The zero-order valence-electron chi connectivity index (χ0n) is 10.7. The summed E-state index contributed by atoms with van der Waals surface area (Å²) in [6, 6.07) is 4.85. The van der Waals surface area contributed by atoms with Gasteiger partial charge in [0.25, 0.3) is 0 Å². The standard InChI is InChI=1S/C14H28Si/c1-3-15(4-2,14-10-11-14)12-13-8-6-5-7-9-13/h13-14H,3-12H2,1-2H3. The second kappa shape index (κ2) is 5.03. The minimum absolute atomic E-state index is 0.797. The topological polar surface area (TPSA) is 0 Å². The van der Waals surface area contributed by atoms with Crippen LogP contribution in [0, 0.1) is 5.92 Å². The summed E-state index contributed by atoms with van der Waals surface area (Å²) in [5.41, 5.74) is 1.24. The van der Waals surface area contributed by atoms with E-state index in [0.29, 0.717) is 0 Å². The van der Waals surface area contributed by atoms with Crippen LogP contribution in [0.5, 0.6) is 0 Å². The lowest BCUT2D eigenvalue weighted by molar-refractivity contribution is 0.380. The summed E-state index contributed by atoms with van der Waals surface area (Å²) in [7, 11) is -0.797. The van der Waals surface area contributed by atoms with Gasteiger partial charge in [0.15, 0.2) is 0 Å². The predicted octanol–water partition coefficient (Wildman–Crippen LogP) is 5.22. The zero-order chi connectivity index (χ0) is 10.7. The average Bonchev–Trinajstić information content (AvgIpc) is 3.12. The molecule has 2 aliphatic rings. The van der Waals surface area contributed by atoms with Crippen LogP contribution >= 0.6 is 0 Å². The van der Waals surface area contributed by atoms with Crippen LogP contribution in [0.3, 0.4) is 0 Å². The lowest BCUT2D eigenvalue weighted by Gasteiger charge is -2.35. The van der Waals surface area contributed by atoms with Crippen LogP contribution in [0.25, 0.3) is 0 Å². The second-order valence-corrected chi connectivity index (χ2v) is 11.4. The van der Waals surface area contributed by atoms with Gasteiger partial charge in [-0.05, 0) is 11.5 Å². The van der Waals surface area contributed by atoms with Crippen LogP contribution in [-0.4, -0.2) is 8.07 Å². The Balaban J connectivity index is 1.92. The highest BCUT2D eigenvalue weighted by atomic mass is 28.3. The van der Waals surface area contributed by atoms with Crippen molar-refractivity contribution in [3.8, 4) is 0 Å². The van der Waals surface area contributed by atoms with E-state index in [-0.39, 0.29) is 0 Å². The SMILES string of the molecule is CC[Si](CC)(CC1CCCCC1)C1CC1. The van der Waals surface area contributed by atoms with Crippen molar-refractivity contribution in [2.24, 2.45) is 5.92 Å². The lowest BCUT2D eigenvalue weighted by Crippen LogP contribution is -2.35. The largest absolute Gasteiger partial charge is 0.0678 e. The molecular formula is C14H28Si. The Bertz CT molecular complexity index is 186. The van der Waals surface area contributed by atoms with Crippen molar-refractivity contribution >= 4 is 8.07 Å². The molecule has 0 saturated heterocycles. The molecule has 0 nitrogen and oxygen atoms in total. The summed E-state index contributed by atoms with van der Waals surface area (Å²) in [4.78, 5) is 0. The van der Waals surface area contributed by atoms with Gasteiger partial charge in [-0.2, -0.15) is 0 Å². The molecule has 88 valence electrons. The first-order valence-electron chi connectivity index (χ1n) is 7.30. The Morgan fingerprint density at radius 1 is 0.867 bits per heavy atom. The van der Waals surface area contributed by atoms with Gasteiger partial charge in [-0.1, -0.05) is 76.9 Å². The van der Waals surface area contributed by atoms with E-state index in [0.717, 1.165) is 5.92 Å². The Labute approximate surface area is 96.9 Å². The molecule has 2 rings (SSSR count). The van der Waals surface area contributed by atoms with Crippen molar-refractivity contribution in [1.82, 2.24) is 0 Å². The molecule has 0 aliphatic heterocycles. The van der Waals surface area contributed by atoms with Crippen molar-refractivity contribution in [3.63, 3.8) is 0 Å². The van der Waals surface area contributed by atoms with Gasteiger partial charge < -0.3 is 0 Å². The Hall–Kier alpha value is 0.217. The highest BCUT2D eigenvalue weighted by Crippen LogP contribution is 2.52. The van der Waals surface area contributed by atoms with Crippen molar-refractivity contribution in [1.29, 1.82) is 0 Å². The molecular weight excluding hydrogens is 196 g/mol. The fourth-order valence-corrected chi connectivity index (χ4v) is 9.46. The van der Waals surface area contributed by atoms with E-state index < -0.39 is 8.07 Å². The maximum absolute atomic E-state index is 2.50. The molecule has 1 heteroatoms. The van der Waals surface area contributed by atoms with E-state index in [4.69, 9.17) is 0 Å². The lowest BCUT2D eigenvalue weighted by atomic mass is 9.91. The van der Waals surface area contributed by atoms with Gasteiger partial charge >= 0.3 is 0 Å². The van der Waals surface area contributed by atoms with Gasteiger partial charge in [0.05, 0.1) is 8.07 Å². The summed E-state index contributed by atoms with van der Waals surface area (Å²) in [6.45, 7) is 4.99. The summed E-state index contributed by atoms with van der Waals surface area (Å²) in [5.74, 6) is 1.14. The quantitative estimate of drug-likeness (QED) is 0.562. The average molecular weight is 224 g/mol. The number of rotatable bonds is 5. The number of hydrogen-bond acceptors (Lipinski definition) is 0. The third-order valence-corrected chi connectivity index (χ3v) is 11.8. The molecule has 2 saturated carbocycles. The van der Waals surface area contributed by atoms with Crippen molar-refractivity contribution in [3.05, 3.63) is 0 Å². The monoisotopic (exact) mass is 224 g/mol.